The zero-order chi connectivity index (χ0) is 14.7. The molecule has 1 aromatic heterocycles. The molecule has 1 unspecified atom stereocenters. The number of amides is 1. The Balaban J connectivity index is 2.28. The van der Waals surface area contributed by atoms with Crippen LogP contribution in [0.15, 0.2) is 35.7 Å². The van der Waals surface area contributed by atoms with Crippen LogP contribution < -0.4 is 11.1 Å². The first kappa shape index (κ1) is 14.0. The fourth-order valence-electron chi connectivity index (χ4n) is 1.65. The molecule has 1 amide bonds. The highest BCUT2D eigenvalue weighted by Gasteiger charge is 2.22. The molecule has 2 rings (SSSR count). The number of nitrogens with two attached hydrogens (primary N) is 1. The van der Waals surface area contributed by atoms with Gasteiger partial charge in [-0.1, -0.05) is 6.07 Å². The quantitative estimate of drug-likeness (QED) is 0.788. The van der Waals surface area contributed by atoms with Crippen molar-refractivity contribution in [3.05, 3.63) is 52.0 Å². The average molecular weight is 294 g/mol. The summed E-state index contributed by atoms with van der Waals surface area (Å²) >= 11 is 1.25. The van der Waals surface area contributed by atoms with Crippen LogP contribution in [0.4, 0.5) is 10.1 Å². The zero-order valence-corrected chi connectivity index (χ0v) is 11.0. The molecule has 20 heavy (non-hydrogen) atoms. The molecule has 4 N–H and O–H groups in total. The summed E-state index contributed by atoms with van der Waals surface area (Å²) in [6.45, 7) is 0. The maximum atomic E-state index is 13.8. The first-order valence-corrected chi connectivity index (χ1v) is 6.49. The summed E-state index contributed by atoms with van der Waals surface area (Å²) in [6.07, 6.45) is 0. The molecular formula is C13H11FN2O3S. The highest BCUT2D eigenvalue weighted by atomic mass is 32.1. The first-order chi connectivity index (χ1) is 9.49. The Hall–Kier alpha value is -2.41. The Bertz CT molecular complexity index is 643. The molecular weight excluding hydrogens is 283 g/mol. The summed E-state index contributed by atoms with van der Waals surface area (Å²) in [6, 6.07) is 5.90. The summed E-state index contributed by atoms with van der Waals surface area (Å²) in [5.74, 6) is -2.60. The van der Waals surface area contributed by atoms with Crippen LogP contribution in [0.5, 0.6) is 0 Å². The highest BCUT2D eigenvalue weighted by Crippen LogP contribution is 2.25. The van der Waals surface area contributed by atoms with Gasteiger partial charge < -0.3 is 16.2 Å². The van der Waals surface area contributed by atoms with Crippen LogP contribution in [0.2, 0.25) is 0 Å². The number of carbonyl (C=O) groups is 2. The van der Waals surface area contributed by atoms with Gasteiger partial charge in [0, 0.05) is 10.4 Å². The van der Waals surface area contributed by atoms with E-state index < -0.39 is 23.7 Å². The minimum atomic E-state index is -1.12. The van der Waals surface area contributed by atoms with Gasteiger partial charge in [0.15, 0.2) is 6.04 Å². The number of aliphatic carboxylic acids is 1. The topological polar surface area (TPSA) is 92.4 Å². The number of carbonyl (C=O) groups excluding carboxylic acids is 1. The smallest absolute Gasteiger partial charge is 0.331 e. The molecule has 5 nitrogen and oxygen atoms in total. The largest absolute Gasteiger partial charge is 0.479 e. The van der Waals surface area contributed by atoms with Crippen LogP contribution in [0.3, 0.4) is 0 Å². The molecule has 0 saturated carbocycles. The summed E-state index contributed by atoms with van der Waals surface area (Å²) < 4.78 is 13.8. The standard InChI is InChI=1S/C13H11FN2O3S/c14-8-6-7(12(15)17)3-4-9(8)16-11(13(18)19)10-2-1-5-20-10/h1-6,11,16H,(H2,15,17)(H,18,19). The Morgan fingerprint density at radius 2 is 2.10 bits per heavy atom. The van der Waals surface area contributed by atoms with Gasteiger partial charge in [-0.15, -0.1) is 11.3 Å². The van der Waals surface area contributed by atoms with Crippen LogP contribution in [-0.4, -0.2) is 17.0 Å². The lowest BCUT2D eigenvalue weighted by Gasteiger charge is -2.15. The van der Waals surface area contributed by atoms with Crippen LogP contribution in [0.1, 0.15) is 21.3 Å². The molecule has 0 aliphatic carbocycles. The number of anilines is 1. The number of primary amides is 1. The summed E-state index contributed by atoms with van der Waals surface area (Å²) in [7, 11) is 0. The zero-order valence-electron chi connectivity index (χ0n) is 10.2. The lowest BCUT2D eigenvalue weighted by molar-refractivity contribution is -0.138. The average Bonchev–Trinajstić information content (AvgIpc) is 2.90. The van der Waals surface area contributed by atoms with Gasteiger partial charge in [0.1, 0.15) is 5.82 Å². The van der Waals surface area contributed by atoms with Gasteiger partial charge in [0.25, 0.3) is 0 Å². The van der Waals surface area contributed by atoms with Gasteiger partial charge in [0.05, 0.1) is 5.69 Å². The minimum absolute atomic E-state index is 0.00389. The van der Waals surface area contributed by atoms with Crippen molar-refractivity contribution in [2.45, 2.75) is 6.04 Å². The Kier molecular flexibility index (Phi) is 3.99. The molecule has 0 spiro atoms. The number of hydrogen-bond acceptors (Lipinski definition) is 4. The fraction of sp³-hybridized carbons (Fsp3) is 0.0769. The van der Waals surface area contributed by atoms with E-state index in [-0.39, 0.29) is 11.3 Å². The van der Waals surface area contributed by atoms with E-state index in [1.807, 2.05) is 0 Å². The number of halogens is 1. The van der Waals surface area contributed by atoms with Crippen molar-refractivity contribution in [3.8, 4) is 0 Å². The van der Waals surface area contributed by atoms with E-state index >= 15 is 0 Å². The van der Waals surface area contributed by atoms with E-state index in [0.717, 1.165) is 6.07 Å². The van der Waals surface area contributed by atoms with Crippen LogP contribution in [0.25, 0.3) is 0 Å². The number of nitrogens with one attached hydrogen (secondary N) is 1. The van der Waals surface area contributed by atoms with E-state index in [4.69, 9.17) is 5.73 Å². The first-order valence-electron chi connectivity index (χ1n) is 5.61. The second-order valence-corrected chi connectivity index (χ2v) is 4.97. The van der Waals surface area contributed by atoms with Crippen molar-refractivity contribution >= 4 is 28.9 Å². The van der Waals surface area contributed by atoms with Crippen molar-refractivity contribution in [3.63, 3.8) is 0 Å². The lowest BCUT2D eigenvalue weighted by atomic mass is 10.1. The molecule has 104 valence electrons. The number of carboxylic acids is 1. The third kappa shape index (κ3) is 2.94. The van der Waals surface area contributed by atoms with Crippen molar-refractivity contribution in [2.75, 3.05) is 5.32 Å². The Morgan fingerprint density at radius 1 is 1.35 bits per heavy atom. The van der Waals surface area contributed by atoms with Crippen LogP contribution in [0, 0.1) is 5.82 Å². The van der Waals surface area contributed by atoms with Gasteiger partial charge in [-0.05, 0) is 29.6 Å². The van der Waals surface area contributed by atoms with Crippen molar-refractivity contribution < 1.29 is 19.1 Å². The molecule has 2 aromatic rings. The van der Waals surface area contributed by atoms with Crippen LogP contribution >= 0.6 is 11.3 Å². The fourth-order valence-corrected chi connectivity index (χ4v) is 2.42. The molecule has 0 bridgehead atoms. The van der Waals surface area contributed by atoms with Gasteiger partial charge >= 0.3 is 5.97 Å². The van der Waals surface area contributed by atoms with E-state index in [0.29, 0.717) is 4.88 Å². The summed E-state index contributed by atoms with van der Waals surface area (Å²) in [5, 5.41) is 13.5. The van der Waals surface area contributed by atoms with E-state index in [9.17, 15) is 19.1 Å². The lowest BCUT2D eigenvalue weighted by Crippen LogP contribution is -2.20. The van der Waals surface area contributed by atoms with Gasteiger partial charge in [-0.25, -0.2) is 9.18 Å². The monoisotopic (exact) mass is 294 g/mol. The second-order valence-electron chi connectivity index (χ2n) is 3.99. The number of rotatable bonds is 5. The normalized spacial score (nSPS) is 11.8. The maximum Gasteiger partial charge on any atom is 0.331 e. The third-order valence-electron chi connectivity index (χ3n) is 2.63. The second kappa shape index (κ2) is 5.70. The predicted octanol–water partition coefficient (Wildman–Crippen LogP) is 2.22. The number of thiophene rings is 1. The summed E-state index contributed by atoms with van der Waals surface area (Å²) in [5.41, 5.74) is 5.06. The van der Waals surface area contributed by atoms with E-state index in [1.165, 1.54) is 23.5 Å². The molecule has 1 heterocycles. The number of carboxylic acid groups (broad SMARTS) is 1. The molecule has 0 aliphatic rings. The Morgan fingerprint density at radius 3 is 2.60 bits per heavy atom. The molecule has 0 fully saturated rings. The predicted molar refractivity (Wildman–Crippen MR) is 73.2 cm³/mol. The molecule has 1 aromatic carbocycles. The van der Waals surface area contributed by atoms with Gasteiger partial charge in [-0.2, -0.15) is 0 Å². The molecule has 0 saturated heterocycles. The Labute approximate surface area is 117 Å². The van der Waals surface area contributed by atoms with Crippen molar-refractivity contribution in [1.82, 2.24) is 0 Å². The van der Waals surface area contributed by atoms with E-state index in [2.05, 4.69) is 5.32 Å². The van der Waals surface area contributed by atoms with E-state index in [1.54, 1.807) is 17.5 Å². The third-order valence-corrected chi connectivity index (χ3v) is 3.57. The summed E-state index contributed by atoms with van der Waals surface area (Å²) in [4.78, 5) is 22.7. The minimum Gasteiger partial charge on any atom is -0.479 e. The molecule has 0 aliphatic heterocycles. The number of benzene rings is 1. The van der Waals surface area contributed by atoms with Gasteiger partial charge in [0.2, 0.25) is 5.91 Å². The molecule has 1 atom stereocenters. The van der Waals surface area contributed by atoms with Crippen LogP contribution in [-0.2, 0) is 4.79 Å². The number of hydrogen-bond donors (Lipinski definition) is 3. The van der Waals surface area contributed by atoms with Crippen molar-refractivity contribution in [2.24, 2.45) is 5.73 Å². The van der Waals surface area contributed by atoms with Gasteiger partial charge in [-0.3, -0.25) is 4.79 Å². The molecule has 0 radical (unpaired) electrons. The SMILES string of the molecule is NC(=O)c1ccc(NC(C(=O)O)c2cccs2)c(F)c1. The molecule has 7 heteroatoms. The maximum absolute atomic E-state index is 13.8. The highest BCUT2D eigenvalue weighted by molar-refractivity contribution is 7.10. The van der Waals surface area contributed by atoms with Crippen molar-refractivity contribution in [1.29, 1.82) is 0 Å².